The Morgan fingerprint density at radius 3 is 2.38 bits per heavy atom. The second kappa shape index (κ2) is 11.6. The van der Waals surface area contributed by atoms with E-state index in [0.717, 1.165) is 12.4 Å². The molecule has 1 radical (unpaired) electrons. The number of phosphoric acid groups is 1. The van der Waals surface area contributed by atoms with Gasteiger partial charge < -0.3 is 30.6 Å². The second-order valence-corrected chi connectivity index (χ2v) is 6.74. The average molecular weight is 478 g/mol. The molecule has 0 fully saturated rings. The fraction of sp³-hybridized carbons (Fsp3) is 0.188. The molecule has 11 nitrogen and oxygen atoms in total. The van der Waals surface area contributed by atoms with Crippen LogP contribution in [-0.2, 0) is 44.0 Å². The fourth-order valence-corrected chi connectivity index (χ4v) is 2.45. The molecule has 0 aliphatic rings. The van der Waals surface area contributed by atoms with Crippen LogP contribution in [-0.4, -0.2) is 53.8 Å². The molecule has 13 heteroatoms. The number of benzene rings is 1. The van der Waals surface area contributed by atoms with Gasteiger partial charge in [-0.3, -0.25) is 14.5 Å². The predicted octanol–water partition coefficient (Wildman–Crippen LogP) is 0.390. The minimum Gasteiger partial charge on any atom is -0.508 e. The monoisotopic (exact) mass is 477 g/mol. The minimum absolute atomic E-state index is 0. The molecule has 0 bridgehead atoms. The van der Waals surface area contributed by atoms with E-state index < -0.39 is 26.4 Å². The van der Waals surface area contributed by atoms with Crippen molar-refractivity contribution in [2.24, 2.45) is 4.99 Å². The van der Waals surface area contributed by atoms with E-state index in [2.05, 4.69) is 14.5 Å². The third-order valence-electron chi connectivity index (χ3n) is 3.47. The van der Waals surface area contributed by atoms with Crippen molar-refractivity contribution in [3.8, 4) is 11.5 Å². The van der Waals surface area contributed by atoms with Crippen LogP contribution in [0.15, 0.2) is 41.7 Å². The Labute approximate surface area is 175 Å². The summed E-state index contributed by atoms with van der Waals surface area (Å²) in [5.74, 6) is -1.51. The van der Waals surface area contributed by atoms with Gasteiger partial charge in [0.2, 0.25) is 0 Å². The average Bonchev–Trinajstić information content (AvgIpc) is 2.58. The molecule has 0 amide bonds. The Morgan fingerprint density at radius 1 is 1.21 bits per heavy atom. The number of rotatable bonds is 8. The van der Waals surface area contributed by atoms with E-state index in [0.29, 0.717) is 5.56 Å². The first-order chi connectivity index (χ1) is 12.7. The molecule has 2 aromatic rings. The van der Waals surface area contributed by atoms with E-state index in [-0.39, 0.29) is 51.6 Å². The number of aromatic nitrogens is 1. The van der Waals surface area contributed by atoms with Gasteiger partial charge in [0.05, 0.1) is 12.8 Å². The first kappa shape index (κ1) is 26.7. The van der Waals surface area contributed by atoms with Crippen LogP contribution in [0.1, 0.15) is 16.7 Å². The zero-order valence-electron chi connectivity index (χ0n) is 14.6. The van der Waals surface area contributed by atoms with Gasteiger partial charge in [-0.25, -0.2) is 9.36 Å². The van der Waals surface area contributed by atoms with Crippen LogP contribution in [0.25, 0.3) is 0 Å². The maximum Gasteiger partial charge on any atom is 0.469 e. The van der Waals surface area contributed by atoms with E-state index in [1.54, 1.807) is 12.1 Å². The quantitative estimate of drug-likeness (QED) is 0.202. The largest absolute Gasteiger partial charge is 0.508 e. The van der Waals surface area contributed by atoms with Crippen molar-refractivity contribution in [1.82, 2.24) is 4.98 Å². The number of hydrogen-bond donors (Lipinski definition) is 5. The molecular weight excluding hydrogens is 459 g/mol. The first-order valence-corrected chi connectivity index (χ1v) is 9.08. The van der Waals surface area contributed by atoms with E-state index >= 15 is 0 Å². The maximum atomic E-state index is 11.5. The number of aromatic hydroxyl groups is 2. The van der Waals surface area contributed by atoms with Crippen LogP contribution in [0, 0.1) is 0 Å². The molecule has 2 rings (SSSR count). The number of aliphatic imine (C=N–C) groups is 1. The topological polar surface area (TPSA) is 201 Å². The number of aliphatic carboxylic acids is 1. The predicted molar refractivity (Wildman–Crippen MR) is 97.2 cm³/mol. The van der Waals surface area contributed by atoms with E-state index in [4.69, 9.17) is 9.79 Å². The number of phenols is 1. The summed E-state index contributed by atoms with van der Waals surface area (Å²) in [5.41, 5.74) is 0.785. The number of phosphoric ester groups is 1. The van der Waals surface area contributed by atoms with Crippen molar-refractivity contribution in [2.45, 2.75) is 19.1 Å². The number of hydrogen-bond acceptors (Lipinski definition) is 7. The van der Waals surface area contributed by atoms with Crippen LogP contribution in [0.4, 0.5) is 0 Å². The van der Waals surface area contributed by atoms with Gasteiger partial charge in [-0.15, -0.1) is 0 Å². The summed E-state index contributed by atoms with van der Waals surface area (Å²) in [6.45, 7) is -0.553. The van der Waals surface area contributed by atoms with E-state index in [1.807, 2.05) is 0 Å². The van der Waals surface area contributed by atoms with Gasteiger partial charge in [0.25, 0.3) is 0 Å². The summed E-state index contributed by atoms with van der Waals surface area (Å²) in [7, 11) is -4.74. The molecule has 1 aromatic heterocycles. The third kappa shape index (κ3) is 8.71. The summed E-state index contributed by atoms with van der Waals surface area (Å²) in [6, 6.07) is 4.78. The van der Waals surface area contributed by atoms with Crippen molar-refractivity contribution in [3.63, 3.8) is 0 Å². The summed E-state index contributed by atoms with van der Waals surface area (Å²) >= 11 is 0. The SMILES string of the molecule is O.O=C(O)C(Cc1ccc(O)cc1)N=Cc1c(O)cncc1COP(=O)(O)O.[Cu]. The van der Waals surface area contributed by atoms with Gasteiger partial charge in [-0.05, 0) is 17.7 Å². The molecule has 0 spiro atoms. The molecule has 29 heavy (non-hydrogen) atoms. The number of carboxylic acids is 1. The van der Waals surface area contributed by atoms with Gasteiger partial charge in [0.15, 0.2) is 6.04 Å². The molecule has 0 aliphatic heterocycles. The first-order valence-electron chi connectivity index (χ1n) is 7.55. The summed E-state index contributed by atoms with van der Waals surface area (Å²) in [4.78, 5) is 36.7. The Hall–Kier alpha value is -2.30. The fourth-order valence-electron chi connectivity index (χ4n) is 2.14. The van der Waals surface area contributed by atoms with Crippen LogP contribution in [0.2, 0.25) is 0 Å². The summed E-state index contributed by atoms with van der Waals surface area (Å²) < 4.78 is 15.2. The molecule has 1 unspecified atom stereocenters. The Kier molecular flexibility index (Phi) is 10.7. The smallest absolute Gasteiger partial charge is 0.469 e. The zero-order valence-corrected chi connectivity index (χ0v) is 16.5. The molecule has 7 N–H and O–H groups in total. The van der Waals surface area contributed by atoms with Crippen LogP contribution in [0.3, 0.4) is 0 Å². The van der Waals surface area contributed by atoms with Crippen molar-refractivity contribution in [2.75, 3.05) is 0 Å². The standard InChI is InChI=1S/C16H17N2O8P.Cu.H2O/c19-12-3-1-10(2-4-12)5-14(16(21)22)18-7-13-11(6-17-8-15(13)20)9-26-27(23,24)25;;/h1-4,6-8,14,19-20H,5,9H2,(H,21,22)(H2,23,24,25);;1H2. The van der Waals surface area contributed by atoms with Gasteiger partial charge in [0.1, 0.15) is 11.5 Å². The number of pyridine rings is 1. The Morgan fingerprint density at radius 2 is 1.83 bits per heavy atom. The number of nitrogens with zero attached hydrogens (tertiary/aromatic N) is 2. The van der Waals surface area contributed by atoms with Crippen molar-refractivity contribution < 1.29 is 61.5 Å². The van der Waals surface area contributed by atoms with Crippen molar-refractivity contribution >= 4 is 20.0 Å². The molecule has 163 valence electrons. The minimum atomic E-state index is -4.74. The normalized spacial score (nSPS) is 12.1. The third-order valence-corrected chi connectivity index (χ3v) is 3.94. The molecule has 1 atom stereocenters. The van der Waals surface area contributed by atoms with E-state index in [9.17, 15) is 24.7 Å². The molecule has 1 heterocycles. The molecule has 0 saturated carbocycles. The van der Waals surface area contributed by atoms with Crippen LogP contribution < -0.4 is 0 Å². The summed E-state index contributed by atoms with van der Waals surface area (Å²) in [6.07, 6.45) is 3.42. The molecule has 0 aliphatic carbocycles. The number of carbonyl (C=O) groups is 1. The molecule has 1 aromatic carbocycles. The van der Waals surface area contributed by atoms with Gasteiger partial charge >= 0.3 is 13.8 Å². The van der Waals surface area contributed by atoms with Crippen molar-refractivity contribution in [3.05, 3.63) is 53.3 Å². The Bertz CT molecular complexity index is 886. The molecule has 0 saturated heterocycles. The molecular formula is C16H19CuN2O9P. The van der Waals surface area contributed by atoms with Gasteiger partial charge in [-0.1, -0.05) is 12.1 Å². The second-order valence-electron chi connectivity index (χ2n) is 5.50. The maximum absolute atomic E-state index is 11.5. The van der Waals surface area contributed by atoms with Gasteiger partial charge in [0, 0.05) is 47.0 Å². The number of phenolic OH excluding ortho intramolecular Hbond substituents is 1. The number of carboxylic acid groups (broad SMARTS) is 1. The van der Waals surface area contributed by atoms with Crippen molar-refractivity contribution in [1.29, 1.82) is 0 Å². The van der Waals surface area contributed by atoms with E-state index in [1.165, 1.54) is 18.3 Å². The van der Waals surface area contributed by atoms with Gasteiger partial charge in [-0.2, -0.15) is 0 Å². The van der Waals surface area contributed by atoms with Crippen LogP contribution in [0.5, 0.6) is 11.5 Å². The Balaban J connectivity index is 0.00000392. The van der Waals surface area contributed by atoms with Crippen LogP contribution >= 0.6 is 7.82 Å². The summed E-state index contributed by atoms with van der Waals surface area (Å²) in [5, 5.41) is 28.5. The zero-order chi connectivity index (χ0) is 20.0.